The molecule has 1 aromatic heterocycles. The molecule has 0 saturated carbocycles. The molecule has 1 N–H and O–H groups in total. The van der Waals surface area contributed by atoms with Crippen molar-refractivity contribution in [1.29, 1.82) is 0 Å². The second kappa shape index (κ2) is 3.94. The van der Waals surface area contributed by atoms with E-state index in [1.165, 1.54) is 24.4 Å². The Bertz CT molecular complexity index is 648. The largest absolute Gasteiger partial charge is 0.332 e. The summed E-state index contributed by atoms with van der Waals surface area (Å²) >= 11 is 5.78. The van der Waals surface area contributed by atoms with Crippen molar-refractivity contribution in [3.05, 3.63) is 62.1 Å². The topological polar surface area (TPSA) is 54.9 Å². The molecule has 0 aliphatic rings. The highest BCUT2D eigenvalue weighted by molar-refractivity contribution is 6.32. The highest BCUT2D eigenvalue weighted by Crippen LogP contribution is 2.19. The van der Waals surface area contributed by atoms with Gasteiger partial charge in [-0.15, -0.1) is 0 Å². The number of hydrogen-bond acceptors (Lipinski definition) is 2. The van der Waals surface area contributed by atoms with Crippen molar-refractivity contribution in [3.63, 3.8) is 0 Å². The number of H-pyrrole nitrogens is 1. The summed E-state index contributed by atoms with van der Waals surface area (Å²) in [4.78, 5) is 24.4. The second-order valence-corrected chi connectivity index (χ2v) is 3.48. The summed E-state index contributed by atoms with van der Waals surface area (Å²) in [5, 5.41) is 0.0918. The van der Waals surface area contributed by atoms with Gasteiger partial charge in [-0.3, -0.25) is 14.3 Å². The predicted molar refractivity (Wildman–Crippen MR) is 57.6 cm³/mol. The standard InChI is InChI=1S/C10H6ClFN2O2/c11-7-5-6(12)1-2-8(7)14-4-3-9(15)13-10(14)16/h1-5H,(H,13,15,16). The first kappa shape index (κ1) is 10.6. The number of nitrogens with zero attached hydrogens (tertiary/aromatic N) is 1. The molecule has 6 heteroatoms. The Kier molecular flexibility index (Phi) is 2.62. The van der Waals surface area contributed by atoms with Crippen molar-refractivity contribution in [2.75, 3.05) is 0 Å². The van der Waals surface area contributed by atoms with Gasteiger partial charge in [0.05, 0.1) is 10.7 Å². The van der Waals surface area contributed by atoms with E-state index in [4.69, 9.17) is 11.6 Å². The molecule has 82 valence electrons. The first-order valence-electron chi connectivity index (χ1n) is 4.35. The highest BCUT2D eigenvalue weighted by Gasteiger charge is 2.05. The lowest BCUT2D eigenvalue weighted by Gasteiger charge is -2.06. The first-order chi connectivity index (χ1) is 7.58. The number of rotatable bonds is 1. The average molecular weight is 241 g/mol. The molecule has 1 aromatic carbocycles. The molecule has 2 rings (SSSR count). The van der Waals surface area contributed by atoms with E-state index in [0.717, 1.165) is 10.6 Å². The lowest BCUT2D eigenvalue weighted by molar-refractivity contribution is 0.627. The molecule has 1 heterocycles. The van der Waals surface area contributed by atoms with Crippen molar-refractivity contribution in [2.45, 2.75) is 0 Å². The van der Waals surface area contributed by atoms with Crippen LogP contribution in [0.2, 0.25) is 5.02 Å². The lowest BCUT2D eigenvalue weighted by atomic mass is 10.3. The lowest BCUT2D eigenvalue weighted by Crippen LogP contribution is -2.27. The van der Waals surface area contributed by atoms with Crippen LogP contribution in [0.5, 0.6) is 0 Å². The van der Waals surface area contributed by atoms with Gasteiger partial charge < -0.3 is 0 Å². The van der Waals surface area contributed by atoms with Gasteiger partial charge in [0.2, 0.25) is 0 Å². The molecule has 4 nitrogen and oxygen atoms in total. The number of halogens is 2. The van der Waals surface area contributed by atoms with E-state index in [9.17, 15) is 14.0 Å². The van der Waals surface area contributed by atoms with Crippen LogP contribution in [0.15, 0.2) is 40.1 Å². The van der Waals surface area contributed by atoms with Crippen molar-refractivity contribution in [2.24, 2.45) is 0 Å². The van der Waals surface area contributed by atoms with Crippen LogP contribution < -0.4 is 11.2 Å². The molecule has 0 bridgehead atoms. The van der Waals surface area contributed by atoms with Gasteiger partial charge in [0.15, 0.2) is 0 Å². The van der Waals surface area contributed by atoms with E-state index in [1.807, 2.05) is 0 Å². The monoisotopic (exact) mass is 240 g/mol. The average Bonchev–Trinajstić information content (AvgIpc) is 2.19. The summed E-state index contributed by atoms with van der Waals surface area (Å²) in [5.74, 6) is -0.494. The van der Waals surface area contributed by atoms with Crippen LogP contribution in [-0.2, 0) is 0 Å². The second-order valence-electron chi connectivity index (χ2n) is 3.08. The zero-order valence-electron chi connectivity index (χ0n) is 7.91. The summed E-state index contributed by atoms with van der Waals surface area (Å²) < 4.78 is 13.9. The SMILES string of the molecule is O=c1ccn(-c2ccc(F)cc2Cl)c(=O)[nH]1. The fourth-order valence-corrected chi connectivity index (χ4v) is 1.54. The van der Waals surface area contributed by atoms with Crippen LogP contribution in [0.4, 0.5) is 4.39 Å². The minimum Gasteiger partial charge on any atom is -0.274 e. The van der Waals surface area contributed by atoms with Gasteiger partial charge in [-0.2, -0.15) is 0 Å². The number of aromatic amines is 1. The Hall–Kier alpha value is -1.88. The van der Waals surface area contributed by atoms with E-state index >= 15 is 0 Å². The minimum absolute atomic E-state index is 0.0918. The van der Waals surface area contributed by atoms with Gasteiger partial charge in [-0.25, -0.2) is 9.18 Å². The van der Waals surface area contributed by atoms with Crippen LogP contribution in [-0.4, -0.2) is 9.55 Å². The van der Waals surface area contributed by atoms with E-state index in [-0.39, 0.29) is 5.02 Å². The molecule has 2 aromatic rings. The molecule has 0 aliphatic carbocycles. The van der Waals surface area contributed by atoms with E-state index in [2.05, 4.69) is 4.98 Å². The number of aromatic nitrogens is 2. The van der Waals surface area contributed by atoms with Crippen molar-refractivity contribution >= 4 is 11.6 Å². The molecule has 0 unspecified atom stereocenters. The third kappa shape index (κ3) is 1.90. The number of hydrogen-bond donors (Lipinski definition) is 1. The van der Waals surface area contributed by atoms with Gasteiger partial charge in [-0.1, -0.05) is 11.6 Å². The molecule has 0 amide bonds. The fourth-order valence-electron chi connectivity index (χ4n) is 1.28. The van der Waals surface area contributed by atoms with Crippen molar-refractivity contribution < 1.29 is 4.39 Å². The van der Waals surface area contributed by atoms with Crippen LogP contribution >= 0.6 is 11.6 Å². The quantitative estimate of drug-likeness (QED) is 0.817. The Morgan fingerprint density at radius 3 is 2.62 bits per heavy atom. The molecule has 0 aliphatic heterocycles. The van der Waals surface area contributed by atoms with Crippen LogP contribution in [0.3, 0.4) is 0 Å². The number of nitrogens with one attached hydrogen (secondary N) is 1. The molecule has 0 saturated heterocycles. The summed E-state index contributed by atoms with van der Waals surface area (Å²) in [6.07, 6.45) is 1.28. The minimum atomic E-state index is -0.624. The highest BCUT2D eigenvalue weighted by atomic mass is 35.5. The first-order valence-corrected chi connectivity index (χ1v) is 4.73. The summed E-state index contributed by atoms with van der Waals surface area (Å²) in [5.41, 5.74) is -0.815. The molecular weight excluding hydrogens is 235 g/mol. The maximum atomic E-state index is 12.8. The molecule has 0 spiro atoms. The third-order valence-electron chi connectivity index (χ3n) is 1.99. The molecule has 0 radical (unpaired) electrons. The van der Waals surface area contributed by atoms with Crippen LogP contribution in [0, 0.1) is 5.82 Å². The number of benzene rings is 1. The van der Waals surface area contributed by atoms with Gasteiger partial charge in [-0.05, 0) is 18.2 Å². The summed E-state index contributed by atoms with van der Waals surface area (Å²) in [6.45, 7) is 0. The smallest absolute Gasteiger partial charge is 0.274 e. The Balaban J connectivity index is 2.68. The summed E-state index contributed by atoms with van der Waals surface area (Å²) in [6, 6.07) is 4.81. The van der Waals surface area contributed by atoms with Gasteiger partial charge in [0.1, 0.15) is 5.82 Å². The molecular formula is C10H6ClFN2O2. The zero-order chi connectivity index (χ0) is 11.7. The maximum absolute atomic E-state index is 12.8. The van der Waals surface area contributed by atoms with E-state index < -0.39 is 17.1 Å². The van der Waals surface area contributed by atoms with Gasteiger partial charge in [0.25, 0.3) is 5.56 Å². The Morgan fingerprint density at radius 1 is 1.25 bits per heavy atom. The van der Waals surface area contributed by atoms with Crippen molar-refractivity contribution in [1.82, 2.24) is 9.55 Å². The fraction of sp³-hybridized carbons (Fsp3) is 0. The zero-order valence-corrected chi connectivity index (χ0v) is 8.66. The third-order valence-corrected chi connectivity index (χ3v) is 2.30. The van der Waals surface area contributed by atoms with Gasteiger partial charge >= 0.3 is 5.69 Å². The Labute approximate surface area is 93.9 Å². The Morgan fingerprint density at radius 2 is 2.00 bits per heavy atom. The van der Waals surface area contributed by atoms with E-state index in [0.29, 0.717) is 5.69 Å². The molecule has 0 atom stereocenters. The van der Waals surface area contributed by atoms with Crippen LogP contribution in [0.1, 0.15) is 0 Å². The van der Waals surface area contributed by atoms with Gasteiger partial charge in [0, 0.05) is 12.3 Å². The summed E-state index contributed by atoms with van der Waals surface area (Å²) in [7, 11) is 0. The van der Waals surface area contributed by atoms with E-state index in [1.54, 1.807) is 0 Å². The normalized spacial score (nSPS) is 10.4. The van der Waals surface area contributed by atoms with Crippen LogP contribution in [0.25, 0.3) is 5.69 Å². The predicted octanol–water partition coefficient (Wildman–Crippen LogP) is 1.32. The molecule has 0 fully saturated rings. The maximum Gasteiger partial charge on any atom is 0.332 e. The molecule has 16 heavy (non-hydrogen) atoms. The van der Waals surface area contributed by atoms with Crippen molar-refractivity contribution in [3.8, 4) is 5.69 Å².